The van der Waals surface area contributed by atoms with Gasteiger partial charge in [-0.25, -0.2) is 9.59 Å². The molecule has 1 aliphatic rings. The molecule has 21 heavy (non-hydrogen) atoms. The van der Waals surface area contributed by atoms with E-state index in [1.54, 1.807) is 16.2 Å². The second kappa shape index (κ2) is 6.44. The number of carboxylic acids is 1. The van der Waals surface area contributed by atoms with Crippen molar-refractivity contribution in [1.29, 1.82) is 0 Å². The number of carbonyl (C=O) groups excluding carboxylic acids is 1. The third-order valence-electron chi connectivity index (χ3n) is 3.47. The third kappa shape index (κ3) is 3.95. The maximum Gasteiger partial charge on any atom is 0.329 e. The quantitative estimate of drug-likeness (QED) is 0.843. The highest BCUT2D eigenvalue weighted by molar-refractivity contribution is 7.10. The van der Waals surface area contributed by atoms with Gasteiger partial charge in [-0.05, 0) is 24.8 Å². The van der Waals surface area contributed by atoms with Gasteiger partial charge in [-0.3, -0.25) is 0 Å². The van der Waals surface area contributed by atoms with E-state index in [1.165, 1.54) is 0 Å². The zero-order chi connectivity index (χ0) is 15.5. The standard InChI is InChI=1S/C14H20N2O4S/c1-3-10(11-5-4-6-21-11)15-13(19)16-8-14(2,9-16)20-7-12(17)18/h4-6,10H,3,7-9H2,1-2H3,(H,15,19)(H,17,18). The minimum atomic E-state index is -0.997. The van der Waals surface area contributed by atoms with Gasteiger partial charge in [0.1, 0.15) is 12.2 Å². The molecule has 2 rings (SSSR count). The fourth-order valence-corrected chi connectivity index (χ4v) is 3.20. The molecule has 1 aromatic rings. The van der Waals surface area contributed by atoms with E-state index in [2.05, 4.69) is 5.32 Å². The molecule has 1 unspecified atom stereocenters. The Labute approximate surface area is 127 Å². The fourth-order valence-electron chi connectivity index (χ4n) is 2.34. The van der Waals surface area contributed by atoms with Crippen molar-refractivity contribution < 1.29 is 19.4 Å². The van der Waals surface area contributed by atoms with Crippen molar-refractivity contribution in [2.24, 2.45) is 0 Å². The van der Waals surface area contributed by atoms with E-state index in [-0.39, 0.29) is 18.7 Å². The van der Waals surface area contributed by atoms with E-state index in [4.69, 9.17) is 9.84 Å². The average molecular weight is 312 g/mol. The minimum Gasteiger partial charge on any atom is -0.480 e. The summed E-state index contributed by atoms with van der Waals surface area (Å²) < 4.78 is 5.29. The summed E-state index contributed by atoms with van der Waals surface area (Å²) in [5.41, 5.74) is -0.555. The Bertz CT molecular complexity index is 497. The summed E-state index contributed by atoms with van der Waals surface area (Å²) in [5, 5.41) is 13.6. The van der Waals surface area contributed by atoms with Gasteiger partial charge in [-0.1, -0.05) is 13.0 Å². The maximum atomic E-state index is 12.2. The van der Waals surface area contributed by atoms with Crippen molar-refractivity contribution >= 4 is 23.3 Å². The van der Waals surface area contributed by atoms with Crippen LogP contribution in [0, 0.1) is 0 Å². The third-order valence-corrected chi connectivity index (χ3v) is 4.46. The van der Waals surface area contributed by atoms with Crippen LogP contribution in [0.1, 0.15) is 31.2 Å². The van der Waals surface area contributed by atoms with Crippen molar-refractivity contribution in [3.63, 3.8) is 0 Å². The Morgan fingerprint density at radius 3 is 2.81 bits per heavy atom. The molecule has 2 heterocycles. The zero-order valence-electron chi connectivity index (χ0n) is 12.2. The molecular weight excluding hydrogens is 292 g/mol. The normalized spacial score (nSPS) is 17.9. The molecule has 1 aliphatic heterocycles. The number of aliphatic carboxylic acids is 1. The maximum absolute atomic E-state index is 12.2. The van der Waals surface area contributed by atoms with E-state index in [0.29, 0.717) is 13.1 Å². The highest BCUT2D eigenvalue weighted by atomic mass is 32.1. The number of nitrogens with one attached hydrogen (secondary N) is 1. The van der Waals surface area contributed by atoms with Crippen LogP contribution in [-0.4, -0.2) is 47.3 Å². The number of amides is 2. The first kappa shape index (κ1) is 15.8. The molecule has 1 saturated heterocycles. The molecule has 0 bridgehead atoms. The lowest BCUT2D eigenvalue weighted by atomic mass is 9.97. The number of rotatable bonds is 6. The molecule has 0 spiro atoms. The van der Waals surface area contributed by atoms with Gasteiger partial charge in [0.2, 0.25) is 0 Å². The summed E-state index contributed by atoms with van der Waals surface area (Å²) in [5.74, 6) is -0.997. The molecule has 1 aromatic heterocycles. The monoisotopic (exact) mass is 312 g/mol. The number of urea groups is 1. The average Bonchev–Trinajstić information content (AvgIpc) is 2.93. The molecule has 6 nitrogen and oxygen atoms in total. The zero-order valence-corrected chi connectivity index (χ0v) is 13.0. The van der Waals surface area contributed by atoms with E-state index >= 15 is 0 Å². The predicted octanol–water partition coefficient (Wildman–Crippen LogP) is 2.08. The Morgan fingerprint density at radius 1 is 1.57 bits per heavy atom. The smallest absolute Gasteiger partial charge is 0.329 e. The summed E-state index contributed by atoms with van der Waals surface area (Å²) in [4.78, 5) is 25.4. The van der Waals surface area contributed by atoms with Gasteiger partial charge in [0.25, 0.3) is 0 Å². The summed E-state index contributed by atoms with van der Waals surface area (Å²) >= 11 is 1.62. The molecular formula is C14H20N2O4S. The van der Waals surface area contributed by atoms with Crippen molar-refractivity contribution in [2.45, 2.75) is 31.9 Å². The highest BCUT2D eigenvalue weighted by Crippen LogP contribution is 2.26. The molecule has 7 heteroatoms. The van der Waals surface area contributed by atoms with Gasteiger partial charge in [0, 0.05) is 4.88 Å². The fraction of sp³-hybridized carbons (Fsp3) is 0.571. The topological polar surface area (TPSA) is 78.9 Å². The first-order valence-corrected chi connectivity index (χ1v) is 7.76. The molecule has 2 amide bonds. The number of likely N-dealkylation sites (tertiary alicyclic amines) is 1. The van der Waals surface area contributed by atoms with Crippen LogP contribution >= 0.6 is 11.3 Å². The number of thiophene rings is 1. The second-order valence-electron chi connectivity index (χ2n) is 5.41. The largest absolute Gasteiger partial charge is 0.480 e. The minimum absolute atomic E-state index is 0.0179. The van der Waals surface area contributed by atoms with Crippen molar-refractivity contribution in [3.05, 3.63) is 22.4 Å². The Morgan fingerprint density at radius 2 is 2.29 bits per heavy atom. The molecule has 116 valence electrons. The number of carboxylic acid groups (broad SMARTS) is 1. The van der Waals surface area contributed by atoms with Crippen LogP contribution in [0.2, 0.25) is 0 Å². The highest BCUT2D eigenvalue weighted by Gasteiger charge is 2.43. The van der Waals surface area contributed by atoms with Crippen molar-refractivity contribution in [2.75, 3.05) is 19.7 Å². The number of nitrogens with zero attached hydrogens (tertiary/aromatic N) is 1. The molecule has 1 atom stereocenters. The van der Waals surface area contributed by atoms with Crippen LogP contribution in [-0.2, 0) is 9.53 Å². The van der Waals surface area contributed by atoms with Gasteiger partial charge in [0.05, 0.1) is 19.1 Å². The molecule has 0 saturated carbocycles. The molecule has 0 radical (unpaired) electrons. The summed E-state index contributed by atoms with van der Waals surface area (Å²) in [6.07, 6.45) is 0.826. The van der Waals surface area contributed by atoms with Crippen LogP contribution in [0.25, 0.3) is 0 Å². The number of ether oxygens (including phenoxy) is 1. The molecule has 2 N–H and O–H groups in total. The van der Waals surface area contributed by atoms with Crippen LogP contribution < -0.4 is 5.32 Å². The Kier molecular flexibility index (Phi) is 4.84. The number of hydrogen-bond acceptors (Lipinski definition) is 4. The lowest BCUT2D eigenvalue weighted by Crippen LogP contribution is -2.65. The van der Waals surface area contributed by atoms with Gasteiger partial charge in [-0.2, -0.15) is 0 Å². The predicted molar refractivity (Wildman–Crippen MR) is 79.4 cm³/mol. The number of carbonyl (C=O) groups is 2. The summed E-state index contributed by atoms with van der Waals surface area (Å²) in [7, 11) is 0. The summed E-state index contributed by atoms with van der Waals surface area (Å²) in [6.45, 7) is 4.33. The van der Waals surface area contributed by atoms with E-state index in [1.807, 2.05) is 31.4 Å². The Hall–Kier alpha value is -1.60. The van der Waals surface area contributed by atoms with Gasteiger partial charge in [0.15, 0.2) is 0 Å². The first-order chi connectivity index (χ1) is 9.93. The SMILES string of the molecule is CCC(NC(=O)N1CC(C)(OCC(=O)O)C1)c1cccs1. The lowest BCUT2D eigenvalue weighted by molar-refractivity contribution is -0.159. The molecule has 0 aliphatic carbocycles. The number of hydrogen-bond donors (Lipinski definition) is 2. The van der Waals surface area contributed by atoms with Gasteiger partial charge >= 0.3 is 12.0 Å². The lowest BCUT2D eigenvalue weighted by Gasteiger charge is -2.47. The molecule has 0 aromatic carbocycles. The van der Waals surface area contributed by atoms with Crippen LogP contribution in [0.4, 0.5) is 4.79 Å². The van der Waals surface area contributed by atoms with Crippen LogP contribution in [0.5, 0.6) is 0 Å². The van der Waals surface area contributed by atoms with Gasteiger partial charge < -0.3 is 20.1 Å². The van der Waals surface area contributed by atoms with Crippen LogP contribution in [0.15, 0.2) is 17.5 Å². The van der Waals surface area contributed by atoms with Crippen molar-refractivity contribution in [1.82, 2.24) is 10.2 Å². The van der Waals surface area contributed by atoms with Crippen molar-refractivity contribution in [3.8, 4) is 0 Å². The van der Waals surface area contributed by atoms with Gasteiger partial charge in [-0.15, -0.1) is 11.3 Å². The summed E-state index contributed by atoms with van der Waals surface area (Å²) in [6, 6.07) is 3.86. The van der Waals surface area contributed by atoms with E-state index in [9.17, 15) is 9.59 Å². The van der Waals surface area contributed by atoms with Crippen LogP contribution in [0.3, 0.4) is 0 Å². The Balaban J connectivity index is 1.82. The van der Waals surface area contributed by atoms with E-state index in [0.717, 1.165) is 11.3 Å². The first-order valence-electron chi connectivity index (χ1n) is 6.88. The molecule has 1 fully saturated rings. The second-order valence-corrected chi connectivity index (χ2v) is 6.39. The van der Waals surface area contributed by atoms with E-state index < -0.39 is 11.6 Å².